The second kappa shape index (κ2) is 7.49. The van der Waals surface area contributed by atoms with Crippen molar-refractivity contribution in [1.29, 1.82) is 0 Å². The Kier molecular flexibility index (Phi) is 5.92. The lowest BCUT2D eigenvalue weighted by Gasteiger charge is -2.28. The summed E-state index contributed by atoms with van der Waals surface area (Å²) < 4.78 is 26.7. The van der Waals surface area contributed by atoms with Crippen LogP contribution in [0.5, 0.6) is 0 Å². The van der Waals surface area contributed by atoms with Crippen molar-refractivity contribution in [1.82, 2.24) is 4.72 Å². The number of thioether (sulfide) groups is 1. The van der Waals surface area contributed by atoms with Crippen LogP contribution in [0, 0.1) is 0 Å². The third kappa shape index (κ3) is 5.50. The van der Waals surface area contributed by atoms with E-state index in [9.17, 15) is 13.5 Å². The zero-order valence-corrected chi connectivity index (χ0v) is 13.5. The van der Waals surface area contributed by atoms with Gasteiger partial charge in [-0.25, -0.2) is 13.1 Å². The molecule has 0 aliphatic heterocycles. The summed E-state index contributed by atoms with van der Waals surface area (Å²) in [4.78, 5) is 0.961. The zero-order chi connectivity index (χ0) is 15.3. The zero-order valence-electron chi connectivity index (χ0n) is 11.9. The fraction of sp³-hybridized carbons (Fsp3) is 0.571. The Labute approximate surface area is 130 Å². The van der Waals surface area contributed by atoms with Crippen molar-refractivity contribution in [3.63, 3.8) is 0 Å². The van der Waals surface area contributed by atoms with E-state index in [1.165, 1.54) is 11.8 Å². The lowest BCUT2D eigenvalue weighted by molar-refractivity contribution is 0.101. The maximum absolute atomic E-state index is 12.0. The number of anilines is 1. The van der Waals surface area contributed by atoms with Crippen LogP contribution in [-0.4, -0.2) is 37.2 Å². The molecule has 1 aliphatic carbocycles. The molecule has 1 aromatic rings. The van der Waals surface area contributed by atoms with Crippen LogP contribution in [0.25, 0.3) is 0 Å². The number of nitrogens with two attached hydrogens (primary N) is 1. The SMILES string of the molecule is Nc1cccc(SCCS(=O)(=O)N[C@@H]2CCCC[C@H]2O)c1. The summed E-state index contributed by atoms with van der Waals surface area (Å²) in [6, 6.07) is 7.05. The van der Waals surface area contributed by atoms with Gasteiger partial charge in [-0.2, -0.15) is 0 Å². The first kappa shape index (κ1) is 16.6. The summed E-state index contributed by atoms with van der Waals surface area (Å²) in [5.41, 5.74) is 6.36. The minimum absolute atomic E-state index is 0.0374. The molecule has 0 spiro atoms. The smallest absolute Gasteiger partial charge is 0.212 e. The van der Waals surface area contributed by atoms with Crippen molar-refractivity contribution >= 4 is 27.5 Å². The standard InChI is InChI=1S/C14H22N2O3S2/c15-11-4-3-5-12(10-11)20-8-9-21(18,19)16-13-6-1-2-7-14(13)17/h3-5,10,13-14,16-17H,1-2,6-9,15H2/t13-,14-/m1/s1. The molecule has 1 fully saturated rings. The van der Waals surface area contributed by atoms with E-state index in [1.807, 2.05) is 18.2 Å². The molecule has 21 heavy (non-hydrogen) atoms. The molecule has 118 valence electrons. The topological polar surface area (TPSA) is 92.4 Å². The lowest BCUT2D eigenvalue weighted by Crippen LogP contribution is -2.46. The Hall–Kier alpha value is -0.760. The maximum Gasteiger partial charge on any atom is 0.212 e. The van der Waals surface area contributed by atoms with Crippen LogP contribution in [0.3, 0.4) is 0 Å². The highest BCUT2D eigenvalue weighted by molar-refractivity contribution is 8.00. The summed E-state index contributed by atoms with van der Waals surface area (Å²) in [6.07, 6.45) is 2.75. The minimum Gasteiger partial charge on any atom is -0.399 e. The number of hydrogen-bond acceptors (Lipinski definition) is 5. The third-order valence-corrected chi connectivity index (χ3v) is 6.20. The predicted molar refractivity (Wildman–Crippen MR) is 86.8 cm³/mol. The fourth-order valence-corrected chi connectivity index (χ4v) is 5.11. The Morgan fingerprint density at radius 3 is 2.81 bits per heavy atom. The van der Waals surface area contributed by atoms with Gasteiger partial charge in [0.2, 0.25) is 10.0 Å². The van der Waals surface area contributed by atoms with Crippen LogP contribution in [-0.2, 0) is 10.0 Å². The van der Waals surface area contributed by atoms with E-state index < -0.39 is 16.1 Å². The number of aliphatic hydroxyl groups is 1. The van der Waals surface area contributed by atoms with Gasteiger partial charge in [0.05, 0.1) is 11.9 Å². The van der Waals surface area contributed by atoms with Gasteiger partial charge < -0.3 is 10.8 Å². The Balaban J connectivity index is 1.81. The Morgan fingerprint density at radius 2 is 2.10 bits per heavy atom. The number of hydrogen-bond donors (Lipinski definition) is 3. The highest BCUT2D eigenvalue weighted by Crippen LogP contribution is 2.21. The Morgan fingerprint density at radius 1 is 1.33 bits per heavy atom. The van der Waals surface area contributed by atoms with Gasteiger partial charge >= 0.3 is 0 Å². The molecule has 0 unspecified atom stereocenters. The van der Waals surface area contributed by atoms with Gasteiger partial charge in [0, 0.05) is 22.4 Å². The van der Waals surface area contributed by atoms with Gasteiger partial charge in [-0.15, -0.1) is 11.8 Å². The number of nitrogen functional groups attached to an aromatic ring is 1. The van der Waals surface area contributed by atoms with Crippen LogP contribution < -0.4 is 10.5 Å². The third-order valence-electron chi connectivity index (χ3n) is 3.54. The van der Waals surface area contributed by atoms with E-state index in [0.29, 0.717) is 24.3 Å². The molecule has 0 aromatic heterocycles. The molecular weight excluding hydrogens is 308 g/mol. The largest absolute Gasteiger partial charge is 0.399 e. The van der Waals surface area contributed by atoms with Crippen molar-refractivity contribution in [3.05, 3.63) is 24.3 Å². The Bertz CT molecular complexity index is 563. The van der Waals surface area contributed by atoms with E-state index in [0.717, 1.165) is 17.7 Å². The fourth-order valence-electron chi connectivity index (χ4n) is 2.41. The van der Waals surface area contributed by atoms with Crippen molar-refractivity contribution < 1.29 is 13.5 Å². The average Bonchev–Trinajstić information content (AvgIpc) is 2.41. The summed E-state index contributed by atoms with van der Waals surface area (Å²) in [5, 5.41) is 9.82. The van der Waals surface area contributed by atoms with Gasteiger partial charge in [-0.1, -0.05) is 18.9 Å². The normalized spacial score (nSPS) is 23.1. The first-order chi connectivity index (χ1) is 9.96. The monoisotopic (exact) mass is 330 g/mol. The minimum atomic E-state index is -3.36. The maximum atomic E-state index is 12.0. The van der Waals surface area contributed by atoms with E-state index in [-0.39, 0.29) is 11.8 Å². The van der Waals surface area contributed by atoms with Crippen molar-refractivity contribution in [2.45, 2.75) is 42.7 Å². The second-order valence-corrected chi connectivity index (χ2v) is 8.36. The molecule has 1 saturated carbocycles. The quantitative estimate of drug-likeness (QED) is 0.544. The van der Waals surface area contributed by atoms with E-state index in [2.05, 4.69) is 4.72 Å². The van der Waals surface area contributed by atoms with Gasteiger partial charge in [0.25, 0.3) is 0 Å². The summed E-state index contributed by atoms with van der Waals surface area (Å²) in [5.74, 6) is 0.497. The summed E-state index contributed by atoms with van der Waals surface area (Å²) in [6.45, 7) is 0. The molecule has 0 heterocycles. The predicted octanol–water partition coefficient (Wildman–Crippen LogP) is 1.58. The molecule has 0 saturated heterocycles. The van der Waals surface area contributed by atoms with Crippen molar-refractivity contribution in [2.75, 3.05) is 17.2 Å². The summed E-state index contributed by atoms with van der Waals surface area (Å²) in [7, 11) is -3.36. The summed E-state index contributed by atoms with van der Waals surface area (Å²) >= 11 is 1.46. The van der Waals surface area contributed by atoms with Gasteiger partial charge in [-0.3, -0.25) is 0 Å². The average molecular weight is 330 g/mol. The van der Waals surface area contributed by atoms with Crippen LogP contribution in [0.4, 0.5) is 5.69 Å². The molecular formula is C14H22N2O3S2. The number of aliphatic hydroxyl groups excluding tert-OH is 1. The van der Waals surface area contributed by atoms with Gasteiger partial charge in [0.15, 0.2) is 0 Å². The highest BCUT2D eigenvalue weighted by Gasteiger charge is 2.26. The van der Waals surface area contributed by atoms with E-state index in [4.69, 9.17) is 5.73 Å². The number of benzene rings is 1. The van der Waals surface area contributed by atoms with Crippen LogP contribution >= 0.6 is 11.8 Å². The first-order valence-corrected chi connectivity index (χ1v) is 9.76. The second-order valence-electron chi connectivity index (χ2n) is 5.32. The molecule has 2 rings (SSSR count). The van der Waals surface area contributed by atoms with E-state index in [1.54, 1.807) is 6.07 Å². The first-order valence-electron chi connectivity index (χ1n) is 7.13. The van der Waals surface area contributed by atoms with Crippen molar-refractivity contribution in [3.8, 4) is 0 Å². The molecule has 0 bridgehead atoms. The van der Waals surface area contributed by atoms with Crippen LogP contribution in [0.2, 0.25) is 0 Å². The lowest BCUT2D eigenvalue weighted by atomic mass is 9.93. The molecule has 0 radical (unpaired) electrons. The van der Waals surface area contributed by atoms with Crippen molar-refractivity contribution in [2.24, 2.45) is 0 Å². The number of rotatable bonds is 6. The molecule has 7 heteroatoms. The number of sulfonamides is 1. The molecule has 1 aliphatic rings. The van der Waals surface area contributed by atoms with E-state index >= 15 is 0 Å². The molecule has 2 atom stereocenters. The molecule has 0 amide bonds. The highest BCUT2D eigenvalue weighted by atomic mass is 32.2. The molecule has 4 N–H and O–H groups in total. The van der Waals surface area contributed by atoms with Gasteiger partial charge in [-0.05, 0) is 31.0 Å². The molecule has 1 aromatic carbocycles. The molecule has 5 nitrogen and oxygen atoms in total. The van der Waals surface area contributed by atoms with Crippen LogP contribution in [0.15, 0.2) is 29.2 Å². The van der Waals surface area contributed by atoms with Gasteiger partial charge in [0.1, 0.15) is 0 Å². The number of nitrogens with one attached hydrogen (secondary N) is 1. The van der Waals surface area contributed by atoms with Crippen LogP contribution in [0.1, 0.15) is 25.7 Å².